The summed E-state index contributed by atoms with van der Waals surface area (Å²) in [5, 5.41) is 7.48. The molecule has 0 aliphatic carbocycles. The van der Waals surface area contributed by atoms with Crippen molar-refractivity contribution in [3.63, 3.8) is 0 Å². The summed E-state index contributed by atoms with van der Waals surface area (Å²) in [6, 6.07) is 12.1. The van der Waals surface area contributed by atoms with Crippen LogP contribution in [0.4, 0.5) is 15.2 Å². The second-order valence-corrected chi connectivity index (χ2v) is 8.11. The number of anilines is 2. The number of esters is 1. The van der Waals surface area contributed by atoms with Crippen LogP contribution in [-0.2, 0) is 4.74 Å². The number of carbonyl (C=O) groups is 3. The fraction of sp³-hybridized carbons (Fsp3) is 0.0833. The molecule has 34 heavy (non-hydrogen) atoms. The van der Waals surface area contributed by atoms with Crippen LogP contribution in [0.3, 0.4) is 0 Å². The Morgan fingerprint density at radius 2 is 1.85 bits per heavy atom. The lowest BCUT2D eigenvalue weighted by molar-refractivity contribution is 0.0594. The molecule has 2 aromatic heterocycles. The second-order valence-electron chi connectivity index (χ2n) is 7.25. The van der Waals surface area contributed by atoms with Gasteiger partial charge < -0.3 is 15.0 Å². The molecule has 4 rings (SSSR count). The normalized spacial score (nSPS) is 10.6. The summed E-state index contributed by atoms with van der Waals surface area (Å²) < 4.78 is 18.6. The molecule has 0 atom stereocenters. The van der Waals surface area contributed by atoms with Crippen molar-refractivity contribution < 1.29 is 23.5 Å². The van der Waals surface area contributed by atoms with E-state index in [1.54, 1.807) is 42.8 Å². The Hall–Kier alpha value is -4.31. The Morgan fingerprint density at radius 1 is 1.06 bits per heavy atom. The first-order valence-corrected chi connectivity index (χ1v) is 10.9. The van der Waals surface area contributed by atoms with Crippen LogP contribution in [0.2, 0.25) is 0 Å². The average Bonchev–Trinajstić information content (AvgIpc) is 3.50. The first kappa shape index (κ1) is 22.9. The maximum atomic E-state index is 13.9. The number of aromatic nitrogens is 2. The van der Waals surface area contributed by atoms with E-state index in [2.05, 4.69) is 25.3 Å². The van der Waals surface area contributed by atoms with Gasteiger partial charge in [0.15, 0.2) is 5.13 Å². The highest BCUT2D eigenvalue weighted by Gasteiger charge is 2.16. The topological polar surface area (TPSA) is 113 Å². The number of methoxy groups -OCH3 is 1. The van der Waals surface area contributed by atoms with Gasteiger partial charge in [0.25, 0.3) is 11.8 Å². The van der Waals surface area contributed by atoms with Crippen LogP contribution in [0.25, 0.3) is 11.3 Å². The van der Waals surface area contributed by atoms with Crippen molar-refractivity contribution in [2.45, 2.75) is 6.92 Å². The molecule has 0 spiro atoms. The summed E-state index contributed by atoms with van der Waals surface area (Å²) in [5.41, 5.74) is 2.85. The van der Waals surface area contributed by atoms with E-state index in [-0.39, 0.29) is 5.56 Å². The molecule has 2 aromatic carbocycles. The summed E-state index contributed by atoms with van der Waals surface area (Å²) in [5.74, 6) is -2.16. The second kappa shape index (κ2) is 9.67. The maximum Gasteiger partial charge on any atom is 0.354 e. The number of nitrogens with zero attached hydrogens (tertiary/aromatic N) is 1. The van der Waals surface area contributed by atoms with Gasteiger partial charge in [-0.05, 0) is 42.8 Å². The molecular weight excluding hydrogens is 459 g/mol. The van der Waals surface area contributed by atoms with Crippen LogP contribution >= 0.6 is 11.3 Å². The highest BCUT2D eigenvalue weighted by atomic mass is 32.1. The number of ether oxygens (including phenoxy) is 1. The standard InChI is InChI=1S/C24H19FN4O4S/c1-13-7-8-14(9-18(13)27-22(31)16-5-3-4-6-17(16)25)21(30)29-24-28-20(12-34-24)15-10-19(26-11-15)23(32)33-2/h3-12,26H,1-2H3,(H,27,31)(H,28,29,30). The molecule has 0 aliphatic rings. The lowest BCUT2D eigenvalue weighted by atomic mass is 10.1. The molecule has 10 heteroatoms. The molecule has 8 nitrogen and oxygen atoms in total. The Bertz CT molecular complexity index is 1400. The van der Waals surface area contributed by atoms with Gasteiger partial charge in [-0.15, -0.1) is 11.3 Å². The highest BCUT2D eigenvalue weighted by molar-refractivity contribution is 7.14. The largest absolute Gasteiger partial charge is 0.464 e. The SMILES string of the molecule is COC(=O)c1cc(-c2csc(NC(=O)c3ccc(C)c(NC(=O)c4ccccc4F)c3)n2)c[nH]1. The number of hydrogen-bond donors (Lipinski definition) is 3. The van der Waals surface area contributed by atoms with Crippen molar-refractivity contribution in [3.05, 3.63) is 88.3 Å². The van der Waals surface area contributed by atoms with Crippen molar-refractivity contribution >= 4 is 39.9 Å². The molecule has 2 heterocycles. The number of halogens is 1. The molecule has 4 aromatic rings. The average molecular weight is 479 g/mol. The summed E-state index contributed by atoms with van der Waals surface area (Å²) in [6.07, 6.45) is 1.62. The maximum absolute atomic E-state index is 13.9. The van der Waals surface area contributed by atoms with Crippen molar-refractivity contribution in [2.75, 3.05) is 17.7 Å². The fourth-order valence-corrected chi connectivity index (χ4v) is 3.85. The smallest absolute Gasteiger partial charge is 0.354 e. The van der Waals surface area contributed by atoms with Gasteiger partial charge in [0.2, 0.25) is 0 Å². The lowest BCUT2D eigenvalue weighted by Crippen LogP contribution is -2.16. The minimum absolute atomic E-state index is 0.0906. The van der Waals surface area contributed by atoms with E-state index in [0.717, 1.165) is 0 Å². The monoisotopic (exact) mass is 478 g/mol. The van der Waals surface area contributed by atoms with E-state index < -0.39 is 23.6 Å². The number of H-pyrrole nitrogens is 1. The first-order valence-electron chi connectivity index (χ1n) is 10.1. The number of benzene rings is 2. The van der Waals surface area contributed by atoms with Crippen molar-refractivity contribution in [3.8, 4) is 11.3 Å². The summed E-state index contributed by atoms with van der Waals surface area (Å²) in [7, 11) is 1.29. The Morgan fingerprint density at radius 3 is 2.62 bits per heavy atom. The van der Waals surface area contributed by atoms with Crippen LogP contribution in [-0.4, -0.2) is 34.9 Å². The number of nitrogens with one attached hydrogen (secondary N) is 3. The van der Waals surface area contributed by atoms with Crippen molar-refractivity contribution in [1.29, 1.82) is 0 Å². The van der Waals surface area contributed by atoms with Crippen LogP contribution in [0, 0.1) is 12.7 Å². The minimum Gasteiger partial charge on any atom is -0.464 e. The number of rotatable bonds is 6. The first-order chi connectivity index (χ1) is 16.4. The molecule has 0 bridgehead atoms. The molecule has 0 radical (unpaired) electrons. The molecule has 0 aliphatic heterocycles. The lowest BCUT2D eigenvalue weighted by Gasteiger charge is -2.11. The molecule has 2 amide bonds. The van der Waals surface area contributed by atoms with E-state index >= 15 is 0 Å². The zero-order chi connectivity index (χ0) is 24.2. The van der Waals surface area contributed by atoms with Gasteiger partial charge in [-0.2, -0.15) is 0 Å². The minimum atomic E-state index is -0.632. The summed E-state index contributed by atoms with van der Waals surface area (Å²) >= 11 is 1.22. The quantitative estimate of drug-likeness (QED) is 0.342. The van der Waals surface area contributed by atoms with Crippen LogP contribution < -0.4 is 10.6 Å². The Balaban J connectivity index is 1.48. The van der Waals surface area contributed by atoms with E-state index in [1.165, 1.54) is 42.7 Å². The van der Waals surface area contributed by atoms with Gasteiger partial charge in [0, 0.05) is 28.4 Å². The van der Waals surface area contributed by atoms with Gasteiger partial charge >= 0.3 is 5.97 Å². The third-order valence-electron chi connectivity index (χ3n) is 4.98. The van der Waals surface area contributed by atoms with E-state index in [1.807, 2.05) is 0 Å². The third kappa shape index (κ3) is 4.86. The van der Waals surface area contributed by atoms with Gasteiger partial charge in [-0.1, -0.05) is 18.2 Å². The van der Waals surface area contributed by atoms with Gasteiger partial charge in [-0.3, -0.25) is 14.9 Å². The molecule has 172 valence electrons. The number of hydrogen-bond acceptors (Lipinski definition) is 6. The summed E-state index contributed by atoms with van der Waals surface area (Å²) in [4.78, 5) is 44.1. The molecule has 0 fully saturated rings. The predicted octanol–water partition coefficient (Wildman–Crippen LogP) is 4.88. The molecular formula is C24H19FN4O4S. The van der Waals surface area contributed by atoms with E-state index in [0.29, 0.717) is 38.9 Å². The number of thiazole rings is 1. The van der Waals surface area contributed by atoms with E-state index in [9.17, 15) is 18.8 Å². The van der Waals surface area contributed by atoms with Crippen LogP contribution in [0.1, 0.15) is 36.8 Å². The van der Waals surface area contributed by atoms with Crippen LogP contribution in [0.15, 0.2) is 60.1 Å². The predicted molar refractivity (Wildman–Crippen MR) is 127 cm³/mol. The Kier molecular flexibility index (Phi) is 6.51. The highest BCUT2D eigenvalue weighted by Crippen LogP contribution is 2.26. The third-order valence-corrected chi connectivity index (χ3v) is 5.73. The Labute approximate surface area is 197 Å². The zero-order valence-electron chi connectivity index (χ0n) is 18.1. The molecule has 3 N–H and O–H groups in total. The van der Waals surface area contributed by atoms with Gasteiger partial charge in [0.1, 0.15) is 11.5 Å². The summed E-state index contributed by atoms with van der Waals surface area (Å²) in [6.45, 7) is 1.77. The number of amides is 2. The fourth-order valence-electron chi connectivity index (χ4n) is 3.14. The van der Waals surface area contributed by atoms with E-state index in [4.69, 9.17) is 0 Å². The van der Waals surface area contributed by atoms with Crippen molar-refractivity contribution in [1.82, 2.24) is 9.97 Å². The molecule has 0 saturated carbocycles. The number of carbonyl (C=O) groups excluding carboxylic acids is 3. The molecule has 0 saturated heterocycles. The molecule has 0 unspecified atom stereocenters. The van der Waals surface area contributed by atoms with Crippen LogP contribution in [0.5, 0.6) is 0 Å². The zero-order valence-corrected chi connectivity index (χ0v) is 19.0. The van der Waals surface area contributed by atoms with Gasteiger partial charge in [0.05, 0.1) is 18.4 Å². The number of aryl methyl sites for hydroxylation is 1. The van der Waals surface area contributed by atoms with Crippen molar-refractivity contribution in [2.24, 2.45) is 0 Å². The van der Waals surface area contributed by atoms with Gasteiger partial charge in [-0.25, -0.2) is 14.2 Å². The number of aromatic amines is 1.